The van der Waals surface area contributed by atoms with Crippen LogP contribution in [0.25, 0.3) is 10.9 Å². The number of aromatic nitrogens is 2. The van der Waals surface area contributed by atoms with E-state index in [2.05, 4.69) is 29.6 Å². The highest BCUT2D eigenvalue weighted by molar-refractivity contribution is 5.96. The highest BCUT2D eigenvalue weighted by atomic mass is 35.5. The average molecular weight is 325 g/mol. The fourth-order valence-electron chi connectivity index (χ4n) is 2.48. The number of anilines is 1. The minimum Gasteiger partial charge on any atom is -0.366 e. The third kappa shape index (κ3) is 3.40. The maximum atomic E-state index is 12.2. The standard InChI is InChI=1S/C15H20N4O2.ClH/c1-10(2)19-13-7-12(4-3-11(13)8-17-19)18-15(20)14-9-16-5-6-21-14;/h3-4,7-8,10,14,16H,5-6,9H2,1-2H3,(H,18,20);1H. The van der Waals surface area contributed by atoms with E-state index in [0.29, 0.717) is 13.2 Å². The molecule has 0 radical (unpaired) electrons. The maximum Gasteiger partial charge on any atom is 0.254 e. The minimum atomic E-state index is -0.426. The largest absolute Gasteiger partial charge is 0.366 e. The van der Waals surface area contributed by atoms with Gasteiger partial charge >= 0.3 is 0 Å². The molecule has 0 aliphatic carbocycles. The van der Waals surface area contributed by atoms with Crippen molar-refractivity contribution in [3.63, 3.8) is 0 Å². The number of morpholine rings is 1. The second-order valence-corrected chi connectivity index (χ2v) is 5.51. The van der Waals surface area contributed by atoms with Crippen molar-refractivity contribution in [2.45, 2.75) is 26.0 Å². The van der Waals surface area contributed by atoms with Crippen molar-refractivity contribution >= 4 is 34.9 Å². The predicted octanol–water partition coefficient (Wildman–Crippen LogP) is 1.97. The molecular weight excluding hydrogens is 304 g/mol. The first-order chi connectivity index (χ1) is 10.1. The SMILES string of the molecule is CC(C)n1ncc2ccc(NC(=O)C3CNCCO3)cc21.Cl. The van der Waals surface area contributed by atoms with Crippen LogP contribution in [0.2, 0.25) is 0 Å². The number of carbonyl (C=O) groups is 1. The van der Waals surface area contributed by atoms with Crippen molar-refractivity contribution in [2.24, 2.45) is 0 Å². The lowest BCUT2D eigenvalue weighted by atomic mass is 10.2. The molecule has 1 atom stereocenters. The summed E-state index contributed by atoms with van der Waals surface area (Å²) in [5, 5.41) is 11.5. The van der Waals surface area contributed by atoms with Gasteiger partial charge in [0, 0.05) is 30.2 Å². The molecule has 1 aromatic carbocycles. The monoisotopic (exact) mass is 324 g/mol. The van der Waals surface area contributed by atoms with Gasteiger partial charge in [0.2, 0.25) is 0 Å². The van der Waals surface area contributed by atoms with Crippen molar-refractivity contribution in [3.8, 4) is 0 Å². The van der Waals surface area contributed by atoms with E-state index in [1.54, 1.807) is 0 Å². The number of hydrogen-bond acceptors (Lipinski definition) is 4. The van der Waals surface area contributed by atoms with Crippen LogP contribution in [0.15, 0.2) is 24.4 Å². The zero-order valence-electron chi connectivity index (χ0n) is 12.7. The van der Waals surface area contributed by atoms with Crippen molar-refractivity contribution < 1.29 is 9.53 Å². The number of halogens is 1. The molecule has 0 saturated carbocycles. The summed E-state index contributed by atoms with van der Waals surface area (Å²) in [6.45, 7) is 6.08. The number of nitrogens with zero attached hydrogens (tertiary/aromatic N) is 2. The molecule has 22 heavy (non-hydrogen) atoms. The fourth-order valence-corrected chi connectivity index (χ4v) is 2.48. The number of rotatable bonds is 3. The summed E-state index contributed by atoms with van der Waals surface area (Å²) < 4.78 is 7.40. The lowest BCUT2D eigenvalue weighted by Crippen LogP contribution is -2.45. The Morgan fingerprint density at radius 2 is 2.32 bits per heavy atom. The molecule has 1 amide bonds. The predicted molar refractivity (Wildman–Crippen MR) is 88.6 cm³/mol. The zero-order chi connectivity index (χ0) is 14.8. The summed E-state index contributed by atoms with van der Waals surface area (Å²) in [5.74, 6) is -0.114. The zero-order valence-corrected chi connectivity index (χ0v) is 13.5. The Hall–Kier alpha value is -1.63. The first kappa shape index (κ1) is 16.7. The van der Waals surface area contributed by atoms with E-state index >= 15 is 0 Å². The van der Waals surface area contributed by atoms with Crippen molar-refractivity contribution in [1.82, 2.24) is 15.1 Å². The molecule has 1 aliphatic heterocycles. The third-order valence-electron chi connectivity index (χ3n) is 3.58. The Bertz CT molecular complexity index is 650. The van der Waals surface area contributed by atoms with Gasteiger partial charge in [-0.25, -0.2) is 0 Å². The number of carbonyl (C=O) groups excluding carboxylic acids is 1. The van der Waals surface area contributed by atoms with E-state index < -0.39 is 6.10 Å². The van der Waals surface area contributed by atoms with Crippen LogP contribution >= 0.6 is 12.4 Å². The first-order valence-corrected chi connectivity index (χ1v) is 7.25. The van der Waals surface area contributed by atoms with E-state index in [9.17, 15) is 4.79 Å². The topological polar surface area (TPSA) is 68.2 Å². The normalized spacial score (nSPS) is 18.2. The highest BCUT2D eigenvalue weighted by Crippen LogP contribution is 2.22. The minimum absolute atomic E-state index is 0. The molecule has 6 nitrogen and oxygen atoms in total. The third-order valence-corrected chi connectivity index (χ3v) is 3.58. The molecule has 1 saturated heterocycles. The van der Waals surface area contributed by atoms with Gasteiger partial charge in [-0.2, -0.15) is 5.10 Å². The van der Waals surface area contributed by atoms with Crippen LogP contribution in [0.5, 0.6) is 0 Å². The van der Waals surface area contributed by atoms with Crippen LogP contribution in [0.4, 0.5) is 5.69 Å². The van der Waals surface area contributed by atoms with Crippen LogP contribution in [0.3, 0.4) is 0 Å². The molecule has 7 heteroatoms. The Morgan fingerprint density at radius 3 is 3.00 bits per heavy atom. The Kier molecular flexibility index (Phi) is 5.39. The first-order valence-electron chi connectivity index (χ1n) is 7.25. The number of ether oxygens (including phenoxy) is 1. The fraction of sp³-hybridized carbons (Fsp3) is 0.467. The Morgan fingerprint density at radius 1 is 1.50 bits per heavy atom. The van der Waals surface area contributed by atoms with Gasteiger partial charge in [0.1, 0.15) is 6.10 Å². The van der Waals surface area contributed by atoms with Crippen molar-refractivity contribution in [1.29, 1.82) is 0 Å². The van der Waals surface area contributed by atoms with Gasteiger partial charge in [0.05, 0.1) is 18.3 Å². The molecule has 0 spiro atoms. The molecule has 1 aliphatic rings. The lowest BCUT2D eigenvalue weighted by molar-refractivity contribution is -0.128. The van der Waals surface area contributed by atoms with Crippen LogP contribution in [-0.4, -0.2) is 41.5 Å². The summed E-state index contributed by atoms with van der Waals surface area (Å²) in [6.07, 6.45) is 1.42. The molecular formula is C15H21ClN4O2. The van der Waals surface area contributed by atoms with Gasteiger partial charge in [-0.15, -0.1) is 12.4 Å². The quantitative estimate of drug-likeness (QED) is 0.905. The number of amides is 1. The smallest absolute Gasteiger partial charge is 0.254 e. The van der Waals surface area contributed by atoms with E-state index in [1.807, 2.05) is 29.1 Å². The molecule has 3 rings (SSSR count). The van der Waals surface area contributed by atoms with E-state index in [-0.39, 0.29) is 24.4 Å². The molecule has 1 fully saturated rings. The summed E-state index contributed by atoms with van der Waals surface area (Å²) in [4.78, 5) is 12.2. The summed E-state index contributed by atoms with van der Waals surface area (Å²) in [7, 11) is 0. The van der Waals surface area contributed by atoms with Crippen molar-refractivity contribution in [2.75, 3.05) is 25.0 Å². The Labute approximate surface area is 135 Å². The molecule has 0 bridgehead atoms. The number of nitrogens with one attached hydrogen (secondary N) is 2. The van der Waals surface area contributed by atoms with E-state index in [1.165, 1.54) is 0 Å². The lowest BCUT2D eigenvalue weighted by Gasteiger charge is -2.22. The van der Waals surface area contributed by atoms with Gasteiger partial charge in [-0.3, -0.25) is 9.48 Å². The Balaban J connectivity index is 0.00000176. The van der Waals surface area contributed by atoms with Crippen LogP contribution in [0.1, 0.15) is 19.9 Å². The number of fused-ring (bicyclic) bond motifs is 1. The van der Waals surface area contributed by atoms with Gasteiger partial charge in [-0.1, -0.05) is 0 Å². The van der Waals surface area contributed by atoms with E-state index in [0.717, 1.165) is 23.1 Å². The second kappa shape index (κ2) is 7.09. The van der Waals surface area contributed by atoms with Gasteiger partial charge in [0.25, 0.3) is 5.91 Å². The summed E-state index contributed by atoms with van der Waals surface area (Å²) in [5.41, 5.74) is 1.79. The molecule has 2 heterocycles. The molecule has 120 valence electrons. The van der Waals surface area contributed by atoms with Crippen LogP contribution < -0.4 is 10.6 Å². The number of benzene rings is 1. The van der Waals surface area contributed by atoms with Gasteiger partial charge < -0.3 is 15.4 Å². The number of hydrogen-bond donors (Lipinski definition) is 2. The van der Waals surface area contributed by atoms with E-state index in [4.69, 9.17) is 4.74 Å². The molecule has 1 unspecified atom stereocenters. The van der Waals surface area contributed by atoms with Crippen LogP contribution in [0, 0.1) is 0 Å². The molecule has 2 aromatic rings. The average Bonchev–Trinajstić information content (AvgIpc) is 2.91. The molecule has 2 N–H and O–H groups in total. The second-order valence-electron chi connectivity index (χ2n) is 5.51. The van der Waals surface area contributed by atoms with Gasteiger partial charge in [0.15, 0.2) is 0 Å². The molecule has 1 aromatic heterocycles. The van der Waals surface area contributed by atoms with Gasteiger partial charge in [-0.05, 0) is 32.0 Å². The van der Waals surface area contributed by atoms with Crippen LogP contribution in [-0.2, 0) is 9.53 Å². The van der Waals surface area contributed by atoms with Crippen molar-refractivity contribution in [3.05, 3.63) is 24.4 Å². The maximum absolute atomic E-state index is 12.2. The summed E-state index contributed by atoms with van der Waals surface area (Å²) in [6, 6.07) is 6.09. The highest BCUT2D eigenvalue weighted by Gasteiger charge is 2.21. The summed E-state index contributed by atoms with van der Waals surface area (Å²) >= 11 is 0.